The molecule has 1 aliphatic carbocycles. The highest BCUT2D eigenvalue weighted by atomic mass is 16.3. The van der Waals surface area contributed by atoms with Crippen LogP contribution < -0.4 is 0 Å². The molecule has 2 rings (SSSR count). The van der Waals surface area contributed by atoms with Crippen molar-refractivity contribution in [2.24, 2.45) is 5.92 Å². The van der Waals surface area contributed by atoms with E-state index in [1.54, 1.807) is 6.92 Å². The van der Waals surface area contributed by atoms with Gasteiger partial charge in [-0.2, -0.15) is 9.97 Å². The van der Waals surface area contributed by atoms with Gasteiger partial charge >= 0.3 is 0 Å². The van der Waals surface area contributed by atoms with E-state index in [0.29, 0.717) is 17.3 Å². The molecule has 1 fully saturated rings. The number of hydrogen-bond donors (Lipinski definition) is 2. The van der Waals surface area contributed by atoms with E-state index >= 15 is 0 Å². The van der Waals surface area contributed by atoms with Crippen molar-refractivity contribution in [3.63, 3.8) is 0 Å². The van der Waals surface area contributed by atoms with Gasteiger partial charge in [0.15, 0.2) is 0 Å². The third-order valence-electron chi connectivity index (χ3n) is 2.31. The summed E-state index contributed by atoms with van der Waals surface area (Å²) in [5.74, 6) is 0.982. The first kappa shape index (κ1) is 8.29. The monoisotopic (exact) mass is 180 g/mol. The molecule has 0 amide bonds. The minimum Gasteiger partial charge on any atom is -0.493 e. The number of aromatic hydroxyl groups is 2. The Kier molecular flexibility index (Phi) is 1.83. The van der Waals surface area contributed by atoms with Crippen molar-refractivity contribution in [2.45, 2.75) is 26.2 Å². The van der Waals surface area contributed by atoms with E-state index in [2.05, 4.69) is 9.97 Å². The first-order chi connectivity index (χ1) is 6.16. The second-order valence-electron chi connectivity index (χ2n) is 3.56. The third kappa shape index (κ3) is 1.71. The van der Waals surface area contributed by atoms with E-state index < -0.39 is 0 Å². The normalized spacial score (nSPS) is 16.1. The highest BCUT2D eigenvalue weighted by molar-refractivity contribution is 5.31. The Balaban J connectivity index is 2.25. The van der Waals surface area contributed by atoms with Gasteiger partial charge < -0.3 is 10.2 Å². The van der Waals surface area contributed by atoms with Gasteiger partial charge in [0.25, 0.3) is 0 Å². The van der Waals surface area contributed by atoms with Gasteiger partial charge in [-0.1, -0.05) is 0 Å². The molecule has 13 heavy (non-hydrogen) atoms. The van der Waals surface area contributed by atoms with Gasteiger partial charge in [0, 0.05) is 6.42 Å². The molecule has 0 aliphatic heterocycles. The Bertz CT molecular complexity index is 311. The van der Waals surface area contributed by atoms with Gasteiger partial charge in [-0.25, -0.2) is 0 Å². The first-order valence-corrected chi connectivity index (χ1v) is 4.42. The van der Waals surface area contributed by atoms with Crippen LogP contribution in [0.5, 0.6) is 11.8 Å². The van der Waals surface area contributed by atoms with Crippen LogP contribution in [-0.4, -0.2) is 20.2 Å². The molecule has 0 saturated heterocycles. The van der Waals surface area contributed by atoms with Gasteiger partial charge in [0.1, 0.15) is 5.82 Å². The summed E-state index contributed by atoms with van der Waals surface area (Å²) in [5.41, 5.74) is 0.347. The smallest absolute Gasteiger partial charge is 0.221 e. The van der Waals surface area contributed by atoms with Gasteiger partial charge in [-0.15, -0.1) is 0 Å². The molecular weight excluding hydrogens is 168 g/mol. The predicted octanol–water partition coefficient (Wildman–Crippen LogP) is 1.15. The zero-order chi connectivity index (χ0) is 9.42. The molecule has 0 aromatic carbocycles. The fraction of sp³-hybridized carbons (Fsp3) is 0.556. The van der Waals surface area contributed by atoms with Crippen molar-refractivity contribution in [2.75, 3.05) is 0 Å². The molecule has 1 heterocycles. The standard InChI is InChI=1S/C9H12N2O2/c1-5-8(12)10-7(11-9(5)13)4-6-2-3-6/h6H,2-4H2,1H3,(H2,10,11,12,13). The van der Waals surface area contributed by atoms with Gasteiger partial charge in [0.05, 0.1) is 5.56 Å². The van der Waals surface area contributed by atoms with Gasteiger partial charge in [0.2, 0.25) is 11.8 Å². The molecule has 0 unspecified atom stereocenters. The molecule has 70 valence electrons. The van der Waals surface area contributed by atoms with Crippen molar-refractivity contribution in [3.05, 3.63) is 11.4 Å². The molecule has 2 N–H and O–H groups in total. The van der Waals surface area contributed by atoms with E-state index in [-0.39, 0.29) is 11.8 Å². The maximum absolute atomic E-state index is 9.30. The van der Waals surface area contributed by atoms with Crippen molar-refractivity contribution in [1.82, 2.24) is 9.97 Å². The van der Waals surface area contributed by atoms with E-state index in [4.69, 9.17) is 0 Å². The first-order valence-electron chi connectivity index (χ1n) is 4.42. The van der Waals surface area contributed by atoms with E-state index in [9.17, 15) is 10.2 Å². The van der Waals surface area contributed by atoms with E-state index in [1.165, 1.54) is 12.8 Å². The molecule has 1 aliphatic rings. The summed E-state index contributed by atoms with van der Waals surface area (Å²) < 4.78 is 0. The maximum Gasteiger partial charge on any atom is 0.221 e. The molecule has 0 bridgehead atoms. The second-order valence-corrected chi connectivity index (χ2v) is 3.56. The van der Waals surface area contributed by atoms with Gasteiger partial charge in [-0.3, -0.25) is 0 Å². The molecule has 0 spiro atoms. The van der Waals surface area contributed by atoms with Crippen LogP contribution >= 0.6 is 0 Å². The summed E-state index contributed by atoms with van der Waals surface area (Å²) in [4.78, 5) is 7.80. The van der Waals surface area contributed by atoms with Crippen LogP contribution in [0.3, 0.4) is 0 Å². The van der Waals surface area contributed by atoms with Crippen molar-refractivity contribution >= 4 is 0 Å². The average molecular weight is 180 g/mol. The molecule has 1 aromatic rings. The topological polar surface area (TPSA) is 66.2 Å². The van der Waals surface area contributed by atoms with Crippen LogP contribution in [0.15, 0.2) is 0 Å². The number of rotatable bonds is 2. The summed E-state index contributed by atoms with van der Waals surface area (Å²) in [6, 6.07) is 0. The largest absolute Gasteiger partial charge is 0.493 e. The van der Waals surface area contributed by atoms with Crippen LogP contribution in [-0.2, 0) is 6.42 Å². The molecule has 4 nitrogen and oxygen atoms in total. The summed E-state index contributed by atoms with van der Waals surface area (Å²) in [5, 5.41) is 18.6. The summed E-state index contributed by atoms with van der Waals surface area (Å²) >= 11 is 0. The fourth-order valence-corrected chi connectivity index (χ4v) is 1.21. The minimum absolute atomic E-state index is 0.108. The molecule has 1 aromatic heterocycles. The second kappa shape index (κ2) is 2.87. The molecular formula is C9H12N2O2. The minimum atomic E-state index is -0.108. The molecule has 0 radical (unpaired) electrons. The summed E-state index contributed by atoms with van der Waals surface area (Å²) in [6.45, 7) is 1.59. The Labute approximate surface area is 76.3 Å². The zero-order valence-electron chi connectivity index (χ0n) is 7.49. The summed E-state index contributed by atoms with van der Waals surface area (Å²) in [6.07, 6.45) is 3.18. The van der Waals surface area contributed by atoms with Crippen molar-refractivity contribution < 1.29 is 10.2 Å². The fourth-order valence-electron chi connectivity index (χ4n) is 1.21. The SMILES string of the molecule is Cc1c(O)nc(CC2CC2)nc1O. The van der Waals surface area contributed by atoms with Crippen LogP contribution in [0, 0.1) is 12.8 Å². The maximum atomic E-state index is 9.30. The van der Waals surface area contributed by atoms with Crippen LogP contribution in [0.1, 0.15) is 24.2 Å². The zero-order valence-corrected chi connectivity index (χ0v) is 7.49. The highest BCUT2D eigenvalue weighted by Gasteiger charge is 2.23. The lowest BCUT2D eigenvalue weighted by Gasteiger charge is -2.03. The van der Waals surface area contributed by atoms with E-state index in [0.717, 1.165) is 6.42 Å². The van der Waals surface area contributed by atoms with Crippen LogP contribution in [0.4, 0.5) is 0 Å². The average Bonchev–Trinajstić information content (AvgIpc) is 2.84. The molecule has 4 heteroatoms. The Morgan fingerprint density at radius 2 is 1.77 bits per heavy atom. The van der Waals surface area contributed by atoms with Crippen LogP contribution in [0.25, 0.3) is 0 Å². The molecule has 0 atom stereocenters. The van der Waals surface area contributed by atoms with Crippen molar-refractivity contribution in [3.8, 4) is 11.8 Å². The van der Waals surface area contributed by atoms with Gasteiger partial charge in [-0.05, 0) is 25.7 Å². The summed E-state index contributed by atoms with van der Waals surface area (Å²) in [7, 11) is 0. The third-order valence-corrected chi connectivity index (χ3v) is 2.31. The number of hydrogen-bond acceptors (Lipinski definition) is 4. The van der Waals surface area contributed by atoms with Crippen molar-refractivity contribution in [1.29, 1.82) is 0 Å². The predicted molar refractivity (Wildman–Crippen MR) is 46.5 cm³/mol. The Hall–Kier alpha value is -1.32. The molecule has 1 saturated carbocycles. The Morgan fingerprint density at radius 3 is 2.23 bits per heavy atom. The lowest BCUT2D eigenvalue weighted by atomic mass is 10.2. The quantitative estimate of drug-likeness (QED) is 0.716. The lowest BCUT2D eigenvalue weighted by Crippen LogP contribution is -1.98. The highest BCUT2D eigenvalue weighted by Crippen LogP contribution is 2.32. The lowest BCUT2D eigenvalue weighted by molar-refractivity contribution is 0.408. The number of aromatic nitrogens is 2. The van der Waals surface area contributed by atoms with Crippen LogP contribution in [0.2, 0.25) is 0 Å². The number of nitrogens with zero attached hydrogens (tertiary/aromatic N) is 2. The Morgan fingerprint density at radius 1 is 1.23 bits per heavy atom. The van der Waals surface area contributed by atoms with E-state index in [1.807, 2.05) is 0 Å².